The highest BCUT2D eigenvalue weighted by molar-refractivity contribution is 5.94. The Kier molecular flexibility index (Phi) is 14.6. The first-order valence-electron chi connectivity index (χ1n) is 22.9. The first-order chi connectivity index (χ1) is 31.6. The van der Waals surface area contributed by atoms with E-state index in [-0.39, 0.29) is 36.2 Å². The molecule has 2 aliphatic heterocycles. The van der Waals surface area contributed by atoms with Crippen molar-refractivity contribution in [1.82, 2.24) is 5.32 Å². The minimum absolute atomic E-state index is 0.0365. The predicted octanol–water partition coefficient (Wildman–Crippen LogP) is 1.89. The fourth-order valence-electron chi connectivity index (χ4n) is 11.1. The first kappa shape index (κ1) is 50.3. The summed E-state index contributed by atoms with van der Waals surface area (Å²) in [4.78, 5) is 70.8. The second-order valence-electron chi connectivity index (χ2n) is 19.3. The van der Waals surface area contributed by atoms with E-state index in [1.807, 2.05) is 6.92 Å². The van der Waals surface area contributed by atoms with Crippen molar-refractivity contribution in [2.75, 3.05) is 13.2 Å². The number of ether oxygens (including phenoxy) is 6. The van der Waals surface area contributed by atoms with E-state index in [1.165, 1.54) is 39.8 Å². The number of aliphatic hydroxyl groups excluding tert-OH is 5. The molecule has 2 aromatic carbocycles. The van der Waals surface area contributed by atoms with Crippen molar-refractivity contribution in [3.05, 3.63) is 82.9 Å². The quantitative estimate of drug-likeness (QED) is 0.0617. The maximum atomic E-state index is 15.7. The minimum atomic E-state index is -2.45. The van der Waals surface area contributed by atoms with Gasteiger partial charge in [-0.15, -0.1) is 0 Å². The molecule has 2 aromatic rings. The molecule has 18 nitrogen and oxygen atoms in total. The molecule has 67 heavy (non-hydrogen) atoms. The molecule has 3 aliphatic carbocycles. The number of carbonyl (C=O) groups excluding carboxylic acids is 5. The SMILES string of the molecule is CCCCCC(=O)NC(c1ccccc1)[C@@H](O)C(=O)O[C@H]1C[C@@]2(O)[C@@H](OC(=O)c3ccccc3)[C@@H]3[C@]4(OC(C)=O)CO[C@@H]4C[C@H](OC4OC[C@H](O)[C@@H](O)[C@@H]4O)[C@@]3(C)C(=O)[C@H](O)C(=C1C)C2(C)C. The summed E-state index contributed by atoms with van der Waals surface area (Å²) in [5, 5.41) is 72.8. The fraction of sp³-hybridized carbons (Fsp3) is 0.612. The van der Waals surface area contributed by atoms with Gasteiger partial charge in [0.1, 0.15) is 48.3 Å². The third-order valence-corrected chi connectivity index (χ3v) is 14.9. The average molecular weight is 938 g/mol. The van der Waals surface area contributed by atoms with Crippen LogP contribution in [-0.4, -0.2) is 146 Å². The van der Waals surface area contributed by atoms with Crippen LogP contribution in [0.4, 0.5) is 0 Å². The molecule has 2 unspecified atom stereocenters. The Morgan fingerprint density at radius 2 is 1.57 bits per heavy atom. The van der Waals surface area contributed by atoms with Crippen LogP contribution in [0.2, 0.25) is 0 Å². The number of unbranched alkanes of at least 4 members (excludes halogenated alkanes) is 2. The molecule has 0 radical (unpaired) electrons. The summed E-state index contributed by atoms with van der Waals surface area (Å²) >= 11 is 0. The molecule has 15 atom stereocenters. The molecule has 0 spiro atoms. The summed E-state index contributed by atoms with van der Waals surface area (Å²) in [7, 11) is 0. The molecule has 2 saturated heterocycles. The molecule has 2 saturated carbocycles. The lowest BCUT2D eigenvalue weighted by molar-refractivity contribution is -0.366. The van der Waals surface area contributed by atoms with E-state index in [4.69, 9.17) is 28.4 Å². The van der Waals surface area contributed by atoms with E-state index in [0.717, 1.165) is 19.8 Å². The zero-order valence-electron chi connectivity index (χ0n) is 38.5. The molecule has 2 bridgehead atoms. The summed E-state index contributed by atoms with van der Waals surface area (Å²) in [6, 6.07) is 14.8. The van der Waals surface area contributed by atoms with Crippen molar-refractivity contribution in [3.63, 3.8) is 0 Å². The molecule has 18 heteroatoms. The van der Waals surface area contributed by atoms with Gasteiger partial charge in [0.15, 0.2) is 23.8 Å². The first-order valence-corrected chi connectivity index (χ1v) is 22.9. The van der Waals surface area contributed by atoms with E-state index < -0.39 is 138 Å². The highest BCUT2D eigenvalue weighted by atomic mass is 16.7. The monoisotopic (exact) mass is 937 g/mol. The van der Waals surface area contributed by atoms with Gasteiger partial charge in [0.05, 0.1) is 42.3 Å². The van der Waals surface area contributed by atoms with Crippen molar-refractivity contribution in [2.24, 2.45) is 16.7 Å². The summed E-state index contributed by atoms with van der Waals surface area (Å²) < 4.78 is 36.7. The number of benzene rings is 2. The molecule has 1 amide bonds. The number of rotatable bonds is 14. The Hall–Kier alpha value is -4.63. The Morgan fingerprint density at radius 3 is 2.18 bits per heavy atom. The molecule has 7 rings (SSSR count). The van der Waals surface area contributed by atoms with Gasteiger partial charge in [-0.1, -0.05) is 82.1 Å². The smallest absolute Gasteiger partial charge is 0.338 e. The number of Topliss-reactive ketones (excluding diaryl/α,β-unsaturated/α-hetero) is 1. The van der Waals surface area contributed by atoms with Gasteiger partial charge in [0.2, 0.25) is 5.91 Å². The number of hydrogen-bond donors (Lipinski definition) is 7. The van der Waals surface area contributed by atoms with Gasteiger partial charge >= 0.3 is 17.9 Å². The number of amides is 1. The van der Waals surface area contributed by atoms with Gasteiger partial charge in [0, 0.05) is 31.6 Å². The Bertz CT molecular complexity index is 2200. The zero-order chi connectivity index (χ0) is 48.8. The highest BCUT2D eigenvalue weighted by Gasteiger charge is 2.78. The average Bonchev–Trinajstić information content (AvgIpc) is 3.29. The Balaban J connectivity index is 1.37. The minimum Gasteiger partial charge on any atom is -0.456 e. The fourth-order valence-corrected chi connectivity index (χ4v) is 11.1. The van der Waals surface area contributed by atoms with E-state index in [2.05, 4.69) is 5.32 Å². The van der Waals surface area contributed by atoms with Crippen LogP contribution in [0.1, 0.15) is 102 Å². The van der Waals surface area contributed by atoms with Crippen LogP contribution in [0.5, 0.6) is 0 Å². The highest BCUT2D eigenvalue weighted by Crippen LogP contribution is 2.65. The normalized spacial score (nSPS) is 36.4. The lowest BCUT2D eigenvalue weighted by atomic mass is 9.44. The van der Waals surface area contributed by atoms with Crippen LogP contribution in [0.3, 0.4) is 0 Å². The van der Waals surface area contributed by atoms with Crippen LogP contribution in [0.25, 0.3) is 0 Å². The summed E-state index contributed by atoms with van der Waals surface area (Å²) in [5.74, 6) is -6.02. The lowest BCUT2D eigenvalue weighted by Gasteiger charge is -2.68. The topological polar surface area (TPSA) is 274 Å². The maximum absolute atomic E-state index is 15.7. The largest absolute Gasteiger partial charge is 0.456 e. The molecular formula is C49H63NO17. The van der Waals surface area contributed by atoms with Crippen LogP contribution in [0, 0.1) is 16.7 Å². The van der Waals surface area contributed by atoms with Crippen molar-refractivity contribution in [3.8, 4) is 0 Å². The van der Waals surface area contributed by atoms with E-state index >= 15 is 4.79 Å². The van der Waals surface area contributed by atoms with Crippen molar-refractivity contribution in [2.45, 2.75) is 159 Å². The number of hydrogen-bond acceptors (Lipinski definition) is 17. The molecule has 7 N–H and O–H groups in total. The summed E-state index contributed by atoms with van der Waals surface area (Å²) in [5.41, 5.74) is -7.69. The number of nitrogens with one attached hydrogen (secondary N) is 1. The molecule has 366 valence electrons. The number of fused-ring (bicyclic) bond motifs is 5. The number of aliphatic hydroxyl groups is 6. The maximum Gasteiger partial charge on any atom is 0.338 e. The van der Waals surface area contributed by atoms with Crippen LogP contribution < -0.4 is 5.32 Å². The molecule has 4 fully saturated rings. The van der Waals surface area contributed by atoms with Crippen LogP contribution >= 0.6 is 0 Å². The third-order valence-electron chi connectivity index (χ3n) is 14.9. The second-order valence-corrected chi connectivity index (χ2v) is 19.3. The Morgan fingerprint density at radius 1 is 0.910 bits per heavy atom. The number of ketones is 1. The second kappa shape index (κ2) is 19.4. The number of esters is 3. The predicted molar refractivity (Wildman–Crippen MR) is 233 cm³/mol. The third kappa shape index (κ3) is 8.85. The van der Waals surface area contributed by atoms with Crippen LogP contribution in [0.15, 0.2) is 71.8 Å². The summed E-state index contributed by atoms with van der Waals surface area (Å²) in [6.45, 7) is 8.25. The van der Waals surface area contributed by atoms with Crippen LogP contribution in [-0.2, 0) is 47.6 Å². The van der Waals surface area contributed by atoms with Gasteiger partial charge < -0.3 is 64.4 Å². The van der Waals surface area contributed by atoms with Gasteiger partial charge in [-0.25, -0.2) is 9.59 Å². The van der Waals surface area contributed by atoms with Crippen molar-refractivity contribution in [1.29, 1.82) is 0 Å². The molecular weight excluding hydrogens is 875 g/mol. The standard InChI is InChI=1S/C49H63NO17/c1-7-8-11-20-33(53)50-35(27-16-12-9-13-17-27)38(56)44(60)64-30-22-49(61)42(66-43(59)28-18-14-10-15-19-28)40-47(6,41(58)37(55)34(25(30)2)46(49,4)5)31(21-32-48(40,24-63-32)67-26(3)51)65-45-39(57)36(54)29(52)23-62-45/h9-10,12-19,29-32,35-40,42,45,52,54-57,61H,7-8,11,20-24H2,1-6H3,(H,50,53)/t29-,30-,31-,32+,35?,36+,37+,38+,39-,40-,42-,45?,47+,48-,49+/m0/s1. The van der Waals surface area contributed by atoms with Gasteiger partial charge in [-0.2, -0.15) is 0 Å². The molecule has 2 heterocycles. The Labute approximate surface area is 388 Å². The molecule has 5 aliphatic rings. The van der Waals surface area contributed by atoms with E-state index in [0.29, 0.717) is 12.0 Å². The van der Waals surface area contributed by atoms with Gasteiger partial charge in [0.25, 0.3) is 0 Å². The van der Waals surface area contributed by atoms with E-state index in [9.17, 15) is 49.8 Å². The van der Waals surface area contributed by atoms with Crippen molar-refractivity contribution >= 4 is 29.6 Å². The van der Waals surface area contributed by atoms with Gasteiger partial charge in [-0.3, -0.25) is 14.4 Å². The van der Waals surface area contributed by atoms with E-state index in [1.54, 1.807) is 48.5 Å². The van der Waals surface area contributed by atoms with Gasteiger partial charge in [-0.05, 0) is 49.1 Å². The zero-order valence-corrected chi connectivity index (χ0v) is 38.5. The summed E-state index contributed by atoms with van der Waals surface area (Å²) in [6.07, 6.45) is -15.2. The molecule has 0 aromatic heterocycles. The van der Waals surface area contributed by atoms with Crippen molar-refractivity contribution < 1.29 is 83.0 Å². The lowest BCUT2D eigenvalue weighted by Crippen LogP contribution is -2.82. The number of carbonyl (C=O) groups is 5.